The van der Waals surface area contributed by atoms with Gasteiger partial charge in [-0.05, 0) is 44.0 Å². The van der Waals surface area contributed by atoms with Crippen LogP contribution in [0.25, 0.3) is 0 Å². The van der Waals surface area contributed by atoms with Crippen molar-refractivity contribution in [1.29, 1.82) is 0 Å². The Balaban J connectivity index is 1.66. The van der Waals surface area contributed by atoms with E-state index in [0.29, 0.717) is 18.8 Å². The zero-order chi connectivity index (χ0) is 16.9. The predicted octanol–water partition coefficient (Wildman–Crippen LogP) is 1.81. The van der Waals surface area contributed by atoms with Gasteiger partial charge in [-0.25, -0.2) is 9.48 Å². The van der Waals surface area contributed by atoms with E-state index >= 15 is 0 Å². The summed E-state index contributed by atoms with van der Waals surface area (Å²) in [7, 11) is 0. The molecule has 2 aromatic rings. The number of anilines is 1. The minimum absolute atomic E-state index is 0.0773. The van der Waals surface area contributed by atoms with Crippen molar-refractivity contribution in [2.75, 3.05) is 11.9 Å². The molecule has 0 radical (unpaired) electrons. The topological polar surface area (TPSA) is 78.2 Å². The molecule has 1 aliphatic heterocycles. The van der Waals surface area contributed by atoms with Crippen molar-refractivity contribution in [3.63, 3.8) is 0 Å². The Kier molecular flexibility index (Phi) is 4.98. The molecule has 1 aromatic heterocycles. The number of carbonyl (C=O) groups excluding carboxylic acids is 1. The number of carbonyl (C=O) groups is 1. The van der Waals surface area contributed by atoms with Crippen molar-refractivity contribution >= 4 is 11.6 Å². The molecule has 0 saturated carbocycles. The summed E-state index contributed by atoms with van der Waals surface area (Å²) in [6.45, 7) is 3.13. The van der Waals surface area contributed by atoms with Gasteiger partial charge in [-0.15, -0.1) is 0 Å². The van der Waals surface area contributed by atoms with Crippen molar-refractivity contribution in [3.8, 4) is 5.75 Å². The summed E-state index contributed by atoms with van der Waals surface area (Å²) in [6, 6.07) is 7.14. The van der Waals surface area contributed by atoms with Crippen LogP contribution in [0.1, 0.15) is 32.0 Å². The third-order valence-electron chi connectivity index (χ3n) is 4.02. The lowest BCUT2D eigenvalue weighted by atomic mass is 10.2. The Morgan fingerprint density at radius 3 is 2.79 bits per heavy atom. The summed E-state index contributed by atoms with van der Waals surface area (Å²) in [4.78, 5) is 24.5. The number of hydrogen-bond acceptors (Lipinski definition) is 4. The molecule has 1 aromatic carbocycles. The summed E-state index contributed by atoms with van der Waals surface area (Å²) >= 11 is 0. The number of nitrogens with one attached hydrogen (secondary N) is 1. The minimum atomic E-state index is -0.269. The van der Waals surface area contributed by atoms with Crippen molar-refractivity contribution in [1.82, 2.24) is 14.3 Å². The van der Waals surface area contributed by atoms with Gasteiger partial charge in [-0.3, -0.25) is 9.36 Å². The number of aryl methyl sites for hydroxylation is 1. The van der Waals surface area contributed by atoms with Crippen LogP contribution in [0.4, 0.5) is 5.69 Å². The van der Waals surface area contributed by atoms with Gasteiger partial charge in [0.1, 0.15) is 18.1 Å². The molecule has 7 nitrogen and oxygen atoms in total. The van der Waals surface area contributed by atoms with Gasteiger partial charge in [-0.1, -0.05) is 6.42 Å². The lowest BCUT2D eigenvalue weighted by molar-refractivity contribution is -0.117. The molecule has 3 rings (SSSR count). The van der Waals surface area contributed by atoms with Gasteiger partial charge in [0.15, 0.2) is 0 Å². The third-order valence-corrected chi connectivity index (χ3v) is 4.02. The summed E-state index contributed by atoms with van der Waals surface area (Å²) in [5, 5.41) is 7.09. The van der Waals surface area contributed by atoms with E-state index in [0.717, 1.165) is 37.3 Å². The molecule has 2 heterocycles. The third kappa shape index (κ3) is 3.67. The first-order valence-corrected chi connectivity index (χ1v) is 8.36. The smallest absolute Gasteiger partial charge is 0.346 e. The largest absolute Gasteiger partial charge is 0.494 e. The Labute approximate surface area is 140 Å². The molecule has 7 heteroatoms. The lowest BCUT2D eigenvalue weighted by Gasteiger charge is -2.07. The van der Waals surface area contributed by atoms with Gasteiger partial charge < -0.3 is 10.1 Å². The molecule has 0 aliphatic carbocycles. The first-order valence-electron chi connectivity index (χ1n) is 8.36. The van der Waals surface area contributed by atoms with Crippen LogP contribution in [-0.4, -0.2) is 26.9 Å². The summed E-state index contributed by atoms with van der Waals surface area (Å²) < 4.78 is 8.31. The molecule has 0 saturated heterocycles. The monoisotopic (exact) mass is 330 g/mol. The average Bonchev–Trinajstić information content (AvgIpc) is 2.75. The fourth-order valence-electron chi connectivity index (χ4n) is 2.87. The normalized spacial score (nSPS) is 13.9. The second kappa shape index (κ2) is 7.33. The second-order valence-electron chi connectivity index (χ2n) is 5.82. The highest BCUT2D eigenvalue weighted by Gasteiger charge is 2.17. The second-order valence-corrected chi connectivity index (χ2v) is 5.82. The van der Waals surface area contributed by atoms with Gasteiger partial charge in [-0.2, -0.15) is 5.10 Å². The van der Waals surface area contributed by atoms with Crippen LogP contribution in [0, 0.1) is 0 Å². The number of hydrogen-bond donors (Lipinski definition) is 1. The first-order chi connectivity index (χ1) is 11.7. The van der Waals surface area contributed by atoms with Crippen molar-refractivity contribution in [2.24, 2.45) is 0 Å². The van der Waals surface area contributed by atoms with E-state index in [9.17, 15) is 9.59 Å². The van der Waals surface area contributed by atoms with Crippen LogP contribution in [0.15, 0.2) is 29.1 Å². The van der Waals surface area contributed by atoms with E-state index in [1.165, 1.54) is 4.68 Å². The van der Waals surface area contributed by atoms with Gasteiger partial charge in [0.2, 0.25) is 5.91 Å². The molecular formula is C17H22N4O3. The quantitative estimate of drug-likeness (QED) is 0.907. The van der Waals surface area contributed by atoms with E-state index in [2.05, 4.69) is 10.4 Å². The van der Waals surface area contributed by atoms with Crippen LogP contribution in [0.5, 0.6) is 5.75 Å². The summed E-state index contributed by atoms with van der Waals surface area (Å²) in [5.74, 6) is 1.27. The van der Waals surface area contributed by atoms with Crippen LogP contribution < -0.4 is 15.7 Å². The standard InChI is InChI=1S/C17H22N4O3/c1-2-24-14-9-7-13(8-10-14)18-16(22)12-21-17(23)20-11-5-3-4-6-15(20)19-21/h7-10H,2-6,11-12H2,1H3,(H,18,22). The highest BCUT2D eigenvalue weighted by molar-refractivity contribution is 5.90. The summed E-state index contributed by atoms with van der Waals surface area (Å²) in [5.41, 5.74) is 0.464. The van der Waals surface area contributed by atoms with Gasteiger partial charge in [0.25, 0.3) is 0 Å². The van der Waals surface area contributed by atoms with Crippen LogP contribution in [0.3, 0.4) is 0 Å². The molecule has 0 unspecified atom stereocenters. The molecule has 1 amide bonds. The number of benzene rings is 1. The van der Waals surface area contributed by atoms with Crippen molar-refractivity contribution in [2.45, 2.75) is 45.7 Å². The molecule has 1 N–H and O–H groups in total. The first kappa shape index (κ1) is 16.3. The SMILES string of the molecule is CCOc1ccc(NC(=O)Cn2nc3n(c2=O)CCCCC3)cc1. The van der Waals surface area contributed by atoms with Gasteiger partial charge >= 0.3 is 5.69 Å². The van der Waals surface area contributed by atoms with Crippen LogP contribution >= 0.6 is 0 Å². The maximum Gasteiger partial charge on any atom is 0.346 e. The van der Waals surface area contributed by atoms with Crippen LogP contribution in [0.2, 0.25) is 0 Å². The van der Waals surface area contributed by atoms with Gasteiger partial charge in [0.05, 0.1) is 6.61 Å². The number of rotatable bonds is 5. The van der Waals surface area contributed by atoms with Crippen LogP contribution in [-0.2, 0) is 24.3 Å². The molecular weight excluding hydrogens is 308 g/mol. The average molecular weight is 330 g/mol. The van der Waals surface area contributed by atoms with E-state index in [-0.39, 0.29) is 18.1 Å². The highest BCUT2D eigenvalue weighted by atomic mass is 16.5. The maximum absolute atomic E-state index is 12.3. The van der Waals surface area contributed by atoms with E-state index in [1.54, 1.807) is 28.8 Å². The lowest BCUT2D eigenvalue weighted by Crippen LogP contribution is -2.30. The molecule has 0 atom stereocenters. The minimum Gasteiger partial charge on any atom is -0.494 e. The fourth-order valence-corrected chi connectivity index (χ4v) is 2.87. The van der Waals surface area contributed by atoms with Crippen molar-refractivity contribution in [3.05, 3.63) is 40.6 Å². The highest BCUT2D eigenvalue weighted by Crippen LogP contribution is 2.15. The Hall–Kier alpha value is -2.57. The number of aromatic nitrogens is 3. The Morgan fingerprint density at radius 1 is 1.25 bits per heavy atom. The summed E-state index contributed by atoms with van der Waals surface area (Å²) in [6.07, 6.45) is 3.93. The molecule has 0 fully saturated rings. The predicted molar refractivity (Wildman–Crippen MR) is 90.3 cm³/mol. The Bertz CT molecular complexity index is 761. The Morgan fingerprint density at radius 2 is 2.04 bits per heavy atom. The number of nitrogens with zero attached hydrogens (tertiary/aromatic N) is 3. The number of fused-ring (bicyclic) bond motifs is 1. The molecule has 1 aliphatic rings. The zero-order valence-electron chi connectivity index (χ0n) is 13.8. The van der Waals surface area contributed by atoms with Gasteiger partial charge in [0, 0.05) is 18.7 Å². The molecule has 0 bridgehead atoms. The maximum atomic E-state index is 12.3. The number of amides is 1. The molecule has 128 valence electrons. The van der Waals surface area contributed by atoms with E-state index < -0.39 is 0 Å². The number of ether oxygens (including phenoxy) is 1. The fraction of sp³-hybridized carbons (Fsp3) is 0.471. The van der Waals surface area contributed by atoms with E-state index in [1.807, 2.05) is 6.92 Å². The molecule has 24 heavy (non-hydrogen) atoms. The van der Waals surface area contributed by atoms with E-state index in [4.69, 9.17) is 4.74 Å². The van der Waals surface area contributed by atoms with Crippen molar-refractivity contribution < 1.29 is 9.53 Å². The molecule has 0 spiro atoms. The zero-order valence-corrected chi connectivity index (χ0v) is 13.8.